The number of nitrogens with zero attached hydrogens (tertiary/aromatic N) is 1. The maximum absolute atomic E-state index is 13.3. The van der Waals surface area contributed by atoms with Crippen LogP contribution in [0.5, 0.6) is 0 Å². The fourth-order valence-electron chi connectivity index (χ4n) is 4.04. The molecule has 5 aromatic rings. The fraction of sp³-hybridized carbons (Fsp3) is 0.154. The van der Waals surface area contributed by atoms with Crippen molar-refractivity contribution in [3.8, 4) is 21.7 Å². The predicted molar refractivity (Wildman–Crippen MR) is 130 cm³/mol. The summed E-state index contributed by atoms with van der Waals surface area (Å²) in [6.07, 6.45) is 0. The lowest BCUT2D eigenvalue weighted by Gasteiger charge is -2.15. The standard InChI is InChI=1S/C26H22N2O2S/c1-4-27-20-14-21-18(13-16(20)3)23(17-10-6-5-9-15(17)2)24(26(29)30-21)25-28-19-11-7-8-12-22(19)31-25/h5-14,27H,4H2,1-3H3. The molecule has 0 aliphatic rings. The summed E-state index contributed by atoms with van der Waals surface area (Å²) in [4.78, 5) is 18.1. The number of aryl methyl sites for hydroxylation is 2. The molecule has 0 aliphatic heterocycles. The molecule has 0 bridgehead atoms. The Kier molecular flexibility index (Phi) is 4.83. The third-order valence-electron chi connectivity index (χ3n) is 5.54. The predicted octanol–water partition coefficient (Wildman–Crippen LogP) is 6.79. The van der Waals surface area contributed by atoms with Crippen LogP contribution in [0.2, 0.25) is 0 Å². The normalized spacial score (nSPS) is 11.3. The number of nitrogens with one attached hydrogen (secondary N) is 1. The van der Waals surface area contributed by atoms with E-state index in [1.807, 2.05) is 42.5 Å². The highest BCUT2D eigenvalue weighted by molar-refractivity contribution is 7.21. The fourth-order valence-corrected chi connectivity index (χ4v) is 5.05. The van der Waals surface area contributed by atoms with Gasteiger partial charge in [-0.1, -0.05) is 36.4 Å². The number of fused-ring (bicyclic) bond motifs is 2. The summed E-state index contributed by atoms with van der Waals surface area (Å²) in [7, 11) is 0. The first-order chi connectivity index (χ1) is 15.1. The van der Waals surface area contributed by atoms with E-state index in [1.165, 1.54) is 11.3 Å². The van der Waals surface area contributed by atoms with Crippen molar-refractivity contribution in [3.63, 3.8) is 0 Å². The van der Waals surface area contributed by atoms with Gasteiger partial charge >= 0.3 is 5.63 Å². The third-order valence-corrected chi connectivity index (χ3v) is 6.60. The molecule has 3 aromatic carbocycles. The van der Waals surface area contributed by atoms with Gasteiger partial charge in [-0.25, -0.2) is 9.78 Å². The first-order valence-electron chi connectivity index (χ1n) is 10.3. The molecule has 0 radical (unpaired) electrons. The van der Waals surface area contributed by atoms with Crippen LogP contribution in [0.4, 0.5) is 5.69 Å². The van der Waals surface area contributed by atoms with Crippen molar-refractivity contribution in [1.82, 2.24) is 4.98 Å². The molecular formula is C26H22N2O2S. The molecule has 0 fully saturated rings. The Morgan fingerprint density at radius 1 is 0.968 bits per heavy atom. The van der Waals surface area contributed by atoms with Crippen LogP contribution in [0, 0.1) is 13.8 Å². The van der Waals surface area contributed by atoms with Crippen LogP contribution in [0.15, 0.2) is 69.9 Å². The van der Waals surface area contributed by atoms with Gasteiger partial charge in [0.1, 0.15) is 16.2 Å². The zero-order valence-corrected chi connectivity index (χ0v) is 18.5. The van der Waals surface area contributed by atoms with Crippen LogP contribution >= 0.6 is 11.3 Å². The number of thiazole rings is 1. The van der Waals surface area contributed by atoms with E-state index >= 15 is 0 Å². The minimum absolute atomic E-state index is 0.365. The highest BCUT2D eigenvalue weighted by Gasteiger charge is 2.22. The molecule has 5 rings (SSSR count). The maximum atomic E-state index is 13.3. The van der Waals surface area contributed by atoms with Crippen molar-refractivity contribution >= 4 is 38.2 Å². The molecule has 0 saturated carbocycles. The molecule has 154 valence electrons. The monoisotopic (exact) mass is 426 g/mol. The summed E-state index contributed by atoms with van der Waals surface area (Å²) in [5, 5.41) is 4.95. The minimum atomic E-state index is -0.365. The van der Waals surface area contributed by atoms with E-state index in [-0.39, 0.29) is 5.63 Å². The molecule has 1 N–H and O–H groups in total. The second-order valence-electron chi connectivity index (χ2n) is 7.63. The Balaban J connectivity index is 1.91. The molecule has 0 saturated heterocycles. The molecule has 0 aliphatic carbocycles. The largest absolute Gasteiger partial charge is 0.422 e. The van der Waals surface area contributed by atoms with E-state index < -0.39 is 0 Å². The Bertz CT molecular complexity index is 1460. The van der Waals surface area contributed by atoms with E-state index in [4.69, 9.17) is 9.40 Å². The minimum Gasteiger partial charge on any atom is -0.422 e. The second kappa shape index (κ2) is 7.67. The molecule has 5 heteroatoms. The molecule has 0 spiro atoms. The molecule has 2 aromatic heterocycles. The van der Waals surface area contributed by atoms with Crippen LogP contribution in [0.25, 0.3) is 42.9 Å². The number of hydrogen-bond donors (Lipinski definition) is 1. The van der Waals surface area contributed by atoms with Crippen LogP contribution < -0.4 is 10.9 Å². The molecular weight excluding hydrogens is 404 g/mol. The summed E-state index contributed by atoms with van der Waals surface area (Å²) in [5.74, 6) is 0. The topological polar surface area (TPSA) is 55.1 Å². The Morgan fingerprint density at radius 2 is 1.74 bits per heavy atom. The number of para-hydroxylation sites is 1. The van der Waals surface area contributed by atoms with Crippen molar-refractivity contribution in [2.75, 3.05) is 11.9 Å². The average Bonchev–Trinajstić information content (AvgIpc) is 3.18. The van der Waals surface area contributed by atoms with Crippen molar-refractivity contribution in [2.24, 2.45) is 0 Å². The SMILES string of the molecule is CCNc1cc2oc(=O)c(-c3nc4ccccc4s3)c(-c3ccccc3C)c2cc1C. The van der Waals surface area contributed by atoms with E-state index in [2.05, 4.69) is 44.3 Å². The van der Waals surface area contributed by atoms with Gasteiger partial charge in [-0.05, 0) is 55.7 Å². The van der Waals surface area contributed by atoms with Crippen molar-refractivity contribution < 1.29 is 4.42 Å². The molecule has 0 amide bonds. The molecule has 4 nitrogen and oxygen atoms in total. The molecule has 31 heavy (non-hydrogen) atoms. The third kappa shape index (κ3) is 3.31. The highest BCUT2D eigenvalue weighted by atomic mass is 32.1. The van der Waals surface area contributed by atoms with Crippen molar-refractivity contribution in [3.05, 3.63) is 82.2 Å². The van der Waals surface area contributed by atoms with Gasteiger partial charge in [0.2, 0.25) is 0 Å². The van der Waals surface area contributed by atoms with E-state index in [0.29, 0.717) is 16.2 Å². The van der Waals surface area contributed by atoms with Crippen LogP contribution in [-0.2, 0) is 0 Å². The van der Waals surface area contributed by atoms with E-state index in [1.54, 1.807) is 0 Å². The number of hydrogen-bond acceptors (Lipinski definition) is 5. The number of rotatable bonds is 4. The first-order valence-corrected chi connectivity index (χ1v) is 11.2. The van der Waals surface area contributed by atoms with E-state index in [0.717, 1.165) is 50.1 Å². The Morgan fingerprint density at radius 3 is 2.52 bits per heavy atom. The van der Waals surface area contributed by atoms with Crippen LogP contribution in [-0.4, -0.2) is 11.5 Å². The quantitative estimate of drug-likeness (QED) is 0.322. The van der Waals surface area contributed by atoms with Gasteiger partial charge in [-0.3, -0.25) is 0 Å². The Hall–Kier alpha value is -3.44. The Labute approximate surface area is 184 Å². The van der Waals surface area contributed by atoms with Crippen molar-refractivity contribution in [2.45, 2.75) is 20.8 Å². The van der Waals surface area contributed by atoms with Gasteiger partial charge in [-0.2, -0.15) is 0 Å². The van der Waals surface area contributed by atoms with Crippen LogP contribution in [0.1, 0.15) is 18.1 Å². The number of anilines is 1. The van der Waals surface area contributed by atoms with E-state index in [9.17, 15) is 4.79 Å². The van der Waals surface area contributed by atoms with Gasteiger partial charge in [0.05, 0.1) is 10.2 Å². The summed E-state index contributed by atoms with van der Waals surface area (Å²) < 4.78 is 6.91. The van der Waals surface area contributed by atoms with Gasteiger partial charge < -0.3 is 9.73 Å². The van der Waals surface area contributed by atoms with Gasteiger partial charge in [0.15, 0.2) is 0 Å². The summed E-state index contributed by atoms with van der Waals surface area (Å²) >= 11 is 1.52. The molecule has 2 heterocycles. The summed E-state index contributed by atoms with van der Waals surface area (Å²) in [5.41, 5.74) is 6.71. The lowest BCUT2D eigenvalue weighted by atomic mass is 9.93. The maximum Gasteiger partial charge on any atom is 0.347 e. The van der Waals surface area contributed by atoms with Crippen LogP contribution in [0.3, 0.4) is 0 Å². The first kappa shape index (κ1) is 19.5. The lowest BCUT2D eigenvalue weighted by Crippen LogP contribution is -2.07. The molecule has 0 unspecified atom stereocenters. The zero-order chi connectivity index (χ0) is 21.5. The van der Waals surface area contributed by atoms with Crippen molar-refractivity contribution in [1.29, 1.82) is 0 Å². The second-order valence-corrected chi connectivity index (χ2v) is 8.67. The molecule has 0 atom stereocenters. The number of aromatic nitrogens is 1. The summed E-state index contributed by atoms with van der Waals surface area (Å²) in [6.45, 7) is 6.99. The van der Waals surface area contributed by atoms with Gasteiger partial charge in [0.25, 0.3) is 0 Å². The van der Waals surface area contributed by atoms with Gasteiger partial charge in [-0.15, -0.1) is 11.3 Å². The lowest BCUT2D eigenvalue weighted by molar-refractivity contribution is 0.564. The smallest absolute Gasteiger partial charge is 0.347 e. The van der Waals surface area contributed by atoms with Gasteiger partial charge in [0, 0.05) is 29.2 Å². The highest BCUT2D eigenvalue weighted by Crippen LogP contribution is 2.41. The average molecular weight is 427 g/mol. The summed E-state index contributed by atoms with van der Waals surface area (Å²) in [6, 6.07) is 20.1. The zero-order valence-electron chi connectivity index (χ0n) is 17.7. The number of benzene rings is 3.